The fourth-order valence-corrected chi connectivity index (χ4v) is 3.21. The summed E-state index contributed by atoms with van der Waals surface area (Å²) in [6, 6.07) is 23.5. The third kappa shape index (κ3) is 4.50. The van der Waals surface area contributed by atoms with Crippen molar-refractivity contribution >= 4 is 11.6 Å². The van der Waals surface area contributed by atoms with Crippen LogP contribution in [0.25, 0.3) is 16.9 Å². The third-order valence-electron chi connectivity index (χ3n) is 4.72. The second kappa shape index (κ2) is 8.10. The molecule has 0 saturated heterocycles. The minimum Gasteiger partial charge on any atom is -0.322 e. The first-order valence-electron chi connectivity index (χ1n) is 9.52. The number of alkyl halides is 3. The maximum Gasteiger partial charge on any atom is 0.435 e. The van der Waals surface area contributed by atoms with Crippen LogP contribution in [-0.2, 0) is 6.18 Å². The molecule has 0 aliphatic rings. The van der Waals surface area contributed by atoms with Crippen LogP contribution >= 0.6 is 0 Å². The summed E-state index contributed by atoms with van der Waals surface area (Å²) in [7, 11) is 0. The van der Waals surface area contributed by atoms with E-state index in [-0.39, 0.29) is 5.91 Å². The highest BCUT2D eigenvalue weighted by Gasteiger charge is 2.35. The van der Waals surface area contributed by atoms with Gasteiger partial charge in [-0.25, -0.2) is 4.68 Å². The molecular formula is C24H18F3N3O. The number of hydrogen-bond donors (Lipinski definition) is 1. The SMILES string of the molecule is Cc1cccc(C(=O)Nc2ccc(-c3cc(C(F)(F)F)nn3-c3ccccc3)cc2)c1. The van der Waals surface area contributed by atoms with E-state index in [1.807, 2.05) is 13.0 Å². The normalized spacial score (nSPS) is 11.4. The molecule has 0 atom stereocenters. The molecule has 0 aliphatic heterocycles. The number of aryl methyl sites for hydroxylation is 1. The van der Waals surface area contributed by atoms with Crippen molar-refractivity contribution in [1.29, 1.82) is 0 Å². The van der Waals surface area contributed by atoms with E-state index in [2.05, 4.69) is 10.4 Å². The van der Waals surface area contributed by atoms with Crippen LogP contribution in [0.3, 0.4) is 0 Å². The van der Waals surface area contributed by atoms with E-state index in [9.17, 15) is 18.0 Å². The Balaban J connectivity index is 1.64. The van der Waals surface area contributed by atoms with Crippen molar-refractivity contribution in [1.82, 2.24) is 9.78 Å². The number of para-hydroxylation sites is 1. The largest absolute Gasteiger partial charge is 0.435 e. The first kappa shape index (κ1) is 20.4. The Morgan fingerprint density at radius 1 is 0.903 bits per heavy atom. The maximum absolute atomic E-state index is 13.3. The van der Waals surface area contributed by atoms with Gasteiger partial charge in [-0.2, -0.15) is 18.3 Å². The number of amides is 1. The Morgan fingerprint density at radius 2 is 1.61 bits per heavy atom. The van der Waals surface area contributed by atoms with E-state index < -0.39 is 11.9 Å². The maximum atomic E-state index is 13.3. The Labute approximate surface area is 177 Å². The zero-order valence-corrected chi connectivity index (χ0v) is 16.5. The van der Waals surface area contributed by atoms with Crippen LogP contribution in [0.4, 0.5) is 18.9 Å². The monoisotopic (exact) mass is 421 g/mol. The summed E-state index contributed by atoms with van der Waals surface area (Å²) in [5.74, 6) is -0.259. The molecule has 4 nitrogen and oxygen atoms in total. The molecule has 7 heteroatoms. The minimum atomic E-state index is -4.56. The molecule has 0 radical (unpaired) electrons. The van der Waals surface area contributed by atoms with Crippen LogP contribution in [0.5, 0.6) is 0 Å². The fourth-order valence-electron chi connectivity index (χ4n) is 3.21. The van der Waals surface area contributed by atoms with Gasteiger partial charge in [-0.1, -0.05) is 48.0 Å². The van der Waals surface area contributed by atoms with Crippen LogP contribution in [-0.4, -0.2) is 15.7 Å². The van der Waals surface area contributed by atoms with Crippen molar-refractivity contribution in [2.75, 3.05) is 5.32 Å². The molecule has 0 saturated carbocycles. The van der Waals surface area contributed by atoms with Crippen molar-refractivity contribution in [3.05, 3.63) is 102 Å². The van der Waals surface area contributed by atoms with Crippen molar-refractivity contribution < 1.29 is 18.0 Å². The van der Waals surface area contributed by atoms with Crippen molar-refractivity contribution in [3.8, 4) is 16.9 Å². The van der Waals surface area contributed by atoms with Gasteiger partial charge < -0.3 is 5.32 Å². The number of hydrogen-bond acceptors (Lipinski definition) is 2. The van der Waals surface area contributed by atoms with Gasteiger partial charge in [-0.05, 0) is 49.4 Å². The lowest BCUT2D eigenvalue weighted by molar-refractivity contribution is -0.141. The molecular weight excluding hydrogens is 403 g/mol. The summed E-state index contributed by atoms with van der Waals surface area (Å²) in [6.45, 7) is 1.90. The minimum absolute atomic E-state index is 0.259. The Bertz CT molecular complexity index is 1210. The highest BCUT2D eigenvalue weighted by Crippen LogP contribution is 2.33. The molecule has 31 heavy (non-hydrogen) atoms. The zero-order valence-electron chi connectivity index (χ0n) is 16.5. The summed E-state index contributed by atoms with van der Waals surface area (Å²) < 4.78 is 41.1. The lowest BCUT2D eigenvalue weighted by atomic mass is 10.1. The first-order valence-corrected chi connectivity index (χ1v) is 9.52. The highest BCUT2D eigenvalue weighted by molar-refractivity contribution is 6.04. The third-order valence-corrected chi connectivity index (χ3v) is 4.72. The summed E-state index contributed by atoms with van der Waals surface area (Å²) in [5.41, 5.74) is 2.43. The molecule has 4 rings (SSSR count). The van der Waals surface area contributed by atoms with E-state index in [4.69, 9.17) is 0 Å². The number of aromatic nitrogens is 2. The molecule has 1 N–H and O–H groups in total. The highest BCUT2D eigenvalue weighted by atomic mass is 19.4. The molecule has 0 unspecified atom stereocenters. The molecule has 1 heterocycles. The van der Waals surface area contributed by atoms with Crippen LogP contribution < -0.4 is 5.32 Å². The van der Waals surface area contributed by atoms with E-state index in [1.54, 1.807) is 72.8 Å². The topological polar surface area (TPSA) is 46.9 Å². The number of nitrogens with one attached hydrogen (secondary N) is 1. The number of nitrogens with zero attached hydrogens (tertiary/aromatic N) is 2. The Morgan fingerprint density at radius 3 is 2.26 bits per heavy atom. The molecule has 1 amide bonds. The van der Waals surface area contributed by atoms with E-state index in [1.165, 1.54) is 4.68 Å². The summed E-state index contributed by atoms with van der Waals surface area (Å²) in [6.07, 6.45) is -4.56. The van der Waals surface area contributed by atoms with E-state index in [0.717, 1.165) is 11.6 Å². The van der Waals surface area contributed by atoms with Gasteiger partial charge >= 0.3 is 6.18 Å². The molecule has 3 aromatic carbocycles. The first-order chi connectivity index (χ1) is 14.8. The van der Waals surface area contributed by atoms with E-state index >= 15 is 0 Å². The molecule has 0 aliphatic carbocycles. The number of rotatable bonds is 4. The number of carbonyl (C=O) groups excluding carboxylic acids is 1. The predicted molar refractivity (Wildman–Crippen MR) is 113 cm³/mol. The summed E-state index contributed by atoms with van der Waals surface area (Å²) in [4.78, 5) is 12.4. The zero-order chi connectivity index (χ0) is 22.0. The summed E-state index contributed by atoms with van der Waals surface area (Å²) in [5, 5.41) is 6.57. The average Bonchev–Trinajstić information content (AvgIpc) is 3.21. The van der Waals surface area contributed by atoms with Gasteiger partial charge in [0.05, 0.1) is 11.4 Å². The molecule has 156 valence electrons. The van der Waals surface area contributed by atoms with Gasteiger partial charge in [0.15, 0.2) is 5.69 Å². The standard InChI is InChI=1S/C24H18F3N3O/c1-16-6-5-7-18(14-16)23(31)28-19-12-10-17(11-13-19)21-15-22(24(25,26)27)29-30(21)20-8-3-2-4-9-20/h2-15H,1H3,(H,28,31). The number of anilines is 1. The quantitative estimate of drug-likeness (QED) is 0.432. The lowest BCUT2D eigenvalue weighted by Gasteiger charge is -2.09. The molecule has 4 aromatic rings. The number of carbonyl (C=O) groups is 1. The van der Waals surface area contributed by atoms with Gasteiger partial charge in [0.2, 0.25) is 0 Å². The lowest BCUT2D eigenvalue weighted by Crippen LogP contribution is -2.11. The number of benzene rings is 3. The molecule has 0 fully saturated rings. The number of halogens is 3. The predicted octanol–water partition coefficient (Wildman–Crippen LogP) is 6.12. The van der Waals surface area contributed by atoms with E-state index in [0.29, 0.717) is 28.2 Å². The van der Waals surface area contributed by atoms with Gasteiger partial charge in [-0.15, -0.1) is 0 Å². The molecule has 0 spiro atoms. The Kier molecular flexibility index (Phi) is 5.33. The van der Waals surface area contributed by atoms with Crippen molar-refractivity contribution in [2.45, 2.75) is 13.1 Å². The van der Waals surface area contributed by atoms with Gasteiger partial charge in [0.1, 0.15) is 0 Å². The van der Waals surface area contributed by atoms with Gasteiger partial charge in [-0.3, -0.25) is 4.79 Å². The van der Waals surface area contributed by atoms with Gasteiger partial charge in [0, 0.05) is 16.8 Å². The summed E-state index contributed by atoms with van der Waals surface area (Å²) >= 11 is 0. The second-order valence-electron chi connectivity index (χ2n) is 7.06. The van der Waals surface area contributed by atoms with Crippen LogP contribution in [0, 0.1) is 6.92 Å². The Hall–Kier alpha value is -3.87. The van der Waals surface area contributed by atoms with Gasteiger partial charge in [0.25, 0.3) is 5.91 Å². The molecule has 1 aromatic heterocycles. The van der Waals surface area contributed by atoms with Crippen LogP contribution in [0.1, 0.15) is 21.6 Å². The smallest absolute Gasteiger partial charge is 0.322 e. The fraction of sp³-hybridized carbons (Fsp3) is 0.0833. The van der Waals surface area contributed by atoms with Crippen LogP contribution in [0.15, 0.2) is 84.9 Å². The second-order valence-corrected chi connectivity index (χ2v) is 7.06. The van der Waals surface area contributed by atoms with Crippen molar-refractivity contribution in [2.24, 2.45) is 0 Å². The van der Waals surface area contributed by atoms with Crippen molar-refractivity contribution in [3.63, 3.8) is 0 Å². The van der Waals surface area contributed by atoms with Crippen LogP contribution in [0.2, 0.25) is 0 Å². The average molecular weight is 421 g/mol. The molecule has 0 bridgehead atoms.